The summed E-state index contributed by atoms with van der Waals surface area (Å²) in [5, 5.41) is 13.7. The molecule has 1 saturated heterocycles. The van der Waals surface area contributed by atoms with Crippen molar-refractivity contribution in [1.82, 2.24) is 5.32 Å². The molecule has 2 rings (SSSR count). The van der Waals surface area contributed by atoms with Crippen molar-refractivity contribution in [2.24, 2.45) is 0 Å². The molecule has 0 aromatic heterocycles. The molecule has 0 saturated carbocycles. The number of ether oxygens (including phenoxy) is 1. The zero-order valence-corrected chi connectivity index (χ0v) is 13.0. The Kier molecular flexibility index (Phi) is 5.13. The number of carbonyl (C=O) groups excluding carboxylic acids is 1. The number of nitrogens with one attached hydrogen (secondary N) is 1. The lowest BCUT2D eigenvalue weighted by Gasteiger charge is -2.27. The highest BCUT2D eigenvalue weighted by molar-refractivity contribution is 5.77. The van der Waals surface area contributed by atoms with Crippen LogP contribution in [0.5, 0.6) is 0 Å². The Morgan fingerprint density at radius 1 is 1.41 bits per heavy atom. The van der Waals surface area contributed by atoms with Crippen LogP contribution in [0.25, 0.3) is 0 Å². The third-order valence-corrected chi connectivity index (χ3v) is 3.97. The van der Waals surface area contributed by atoms with Crippen LogP contribution in [0, 0.1) is 10.1 Å². The number of benzene rings is 1. The summed E-state index contributed by atoms with van der Waals surface area (Å²) in [5.74, 6) is -0.0288. The molecule has 1 aromatic rings. The van der Waals surface area contributed by atoms with E-state index in [-0.39, 0.29) is 17.7 Å². The minimum absolute atomic E-state index is 0.0288. The maximum absolute atomic E-state index is 12.1. The Bertz CT molecular complexity index is 534. The van der Waals surface area contributed by atoms with E-state index in [2.05, 4.69) is 5.32 Å². The van der Waals surface area contributed by atoms with Crippen LogP contribution in [0.3, 0.4) is 0 Å². The number of hydrogen-bond acceptors (Lipinski definition) is 4. The van der Waals surface area contributed by atoms with Gasteiger partial charge in [-0.3, -0.25) is 14.9 Å². The van der Waals surface area contributed by atoms with Gasteiger partial charge in [0.1, 0.15) is 0 Å². The first-order valence-electron chi connectivity index (χ1n) is 7.56. The summed E-state index contributed by atoms with van der Waals surface area (Å²) in [7, 11) is 0. The minimum atomic E-state index is -0.567. The number of nitrogens with zero attached hydrogens (tertiary/aromatic N) is 1. The molecule has 1 aromatic carbocycles. The topological polar surface area (TPSA) is 81.5 Å². The van der Waals surface area contributed by atoms with Crippen molar-refractivity contribution in [3.8, 4) is 0 Å². The highest BCUT2D eigenvalue weighted by Gasteiger charge is 2.24. The standard InChI is InChI=1S/C16H22N2O4/c1-16(2,12-5-7-13(8-6-12)18(20)21)17-15(19)10-9-14-4-3-11-22-14/h5-8,14H,3-4,9-11H2,1-2H3,(H,17,19)/t14-/m1/s1. The van der Waals surface area contributed by atoms with Crippen LogP contribution < -0.4 is 5.32 Å². The Morgan fingerprint density at radius 2 is 2.09 bits per heavy atom. The first-order valence-corrected chi connectivity index (χ1v) is 7.56. The predicted octanol–water partition coefficient (Wildman–Crippen LogP) is 2.91. The average molecular weight is 306 g/mol. The van der Waals surface area contributed by atoms with Gasteiger partial charge in [0.15, 0.2) is 0 Å². The van der Waals surface area contributed by atoms with E-state index in [0.29, 0.717) is 6.42 Å². The van der Waals surface area contributed by atoms with Gasteiger partial charge in [-0.15, -0.1) is 0 Å². The third kappa shape index (κ3) is 4.27. The van der Waals surface area contributed by atoms with E-state index in [1.165, 1.54) is 12.1 Å². The number of hydrogen-bond donors (Lipinski definition) is 1. The fraction of sp³-hybridized carbons (Fsp3) is 0.562. The van der Waals surface area contributed by atoms with E-state index in [1.807, 2.05) is 13.8 Å². The molecule has 1 N–H and O–H groups in total. The van der Waals surface area contributed by atoms with Crippen molar-refractivity contribution in [1.29, 1.82) is 0 Å². The number of rotatable bonds is 6. The molecule has 6 heteroatoms. The van der Waals surface area contributed by atoms with E-state index in [9.17, 15) is 14.9 Å². The number of non-ortho nitro benzene ring substituents is 1. The fourth-order valence-corrected chi connectivity index (χ4v) is 2.65. The van der Waals surface area contributed by atoms with Crippen molar-refractivity contribution in [3.63, 3.8) is 0 Å². The largest absolute Gasteiger partial charge is 0.378 e. The summed E-state index contributed by atoms with van der Waals surface area (Å²) in [4.78, 5) is 22.3. The van der Waals surface area contributed by atoms with E-state index in [4.69, 9.17) is 4.74 Å². The van der Waals surface area contributed by atoms with E-state index in [0.717, 1.165) is 31.4 Å². The molecule has 1 heterocycles. The number of nitro groups is 1. The summed E-state index contributed by atoms with van der Waals surface area (Å²) in [6.45, 7) is 4.57. The molecule has 1 fully saturated rings. The van der Waals surface area contributed by atoms with Crippen LogP contribution >= 0.6 is 0 Å². The molecule has 0 aliphatic carbocycles. The lowest BCUT2D eigenvalue weighted by atomic mass is 9.93. The van der Waals surface area contributed by atoms with Gasteiger partial charge in [0, 0.05) is 25.2 Å². The monoisotopic (exact) mass is 306 g/mol. The van der Waals surface area contributed by atoms with Gasteiger partial charge in [0.25, 0.3) is 5.69 Å². The number of nitro benzene ring substituents is 1. The molecule has 0 radical (unpaired) electrons. The Labute approximate surface area is 130 Å². The van der Waals surface area contributed by atoms with Gasteiger partial charge in [0.2, 0.25) is 5.91 Å². The second-order valence-electron chi connectivity index (χ2n) is 6.15. The summed E-state index contributed by atoms with van der Waals surface area (Å²) < 4.78 is 5.51. The fourth-order valence-electron chi connectivity index (χ4n) is 2.65. The molecule has 6 nitrogen and oxygen atoms in total. The normalized spacial score (nSPS) is 18.2. The molecule has 1 amide bonds. The van der Waals surface area contributed by atoms with Crippen molar-refractivity contribution < 1.29 is 14.5 Å². The molecule has 0 bridgehead atoms. The maximum atomic E-state index is 12.1. The number of carbonyl (C=O) groups is 1. The molecule has 1 atom stereocenters. The SMILES string of the molecule is CC(C)(NC(=O)CC[C@H]1CCCO1)c1ccc([N+](=O)[O-])cc1. The summed E-state index contributed by atoms with van der Waals surface area (Å²) in [5.41, 5.74) is 0.316. The van der Waals surface area contributed by atoms with Crippen LogP contribution in [-0.4, -0.2) is 23.5 Å². The molecular formula is C16H22N2O4. The predicted molar refractivity (Wildman–Crippen MR) is 82.5 cm³/mol. The second kappa shape index (κ2) is 6.87. The highest BCUT2D eigenvalue weighted by atomic mass is 16.6. The van der Waals surface area contributed by atoms with Crippen LogP contribution in [0.2, 0.25) is 0 Å². The van der Waals surface area contributed by atoms with Crippen molar-refractivity contribution in [2.45, 2.75) is 51.2 Å². The second-order valence-corrected chi connectivity index (χ2v) is 6.15. The zero-order valence-electron chi connectivity index (χ0n) is 13.0. The van der Waals surface area contributed by atoms with Gasteiger partial charge in [-0.05, 0) is 50.8 Å². The van der Waals surface area contributed by atoms with Crippen molar-refractivity contribution in [2.75, 3.05) is 6.61 Å². The van der Waals surface area contributed by atoms with Gasteiger partial charge < -0.3 is 10.1 Å². The Hall–Kier alpha value is -1.95. The summed E-state index contributed by atoms with van der Waals surface area (Å²) in [6, 6.07) is 6.27. The van der Waals surface area contributed by atoms with E-state index >= 15 is 0 Å². The molecule has 120 valence electrons. The lowest BCUT2D eigenvalue weighted by molar-refractivity contribution is -0.384. The smallest absolute Gasteiger partial charge is 0.269 e. The number of amides is 1. The first kappa shape index (κ1) is 16.4. The summed E-state index contributed by atoms with van der Waals surface area (Å²) >= 11 is 0. The summed E-state index contributed by atoms with van der Waals surface area (Å²) in [6.07, 6.45) is 3.47. The molecule has 1 aliphatic rings. The van der Waals surface area contributed by atoms with Crippen LogP contribution in [0.1, 0.15) is 45.1 Å². The van der Waals surface area contributed by atoms with Gasteiger partial charge >= 0.3 is 0 Å². The lowest BCUT2D eigenvalue weighted by Crippen LogP contribution is -2.41. The first-order chi connectivity index (χ1) is 10.4. The van der Waals surface area contributed by atoms with Crippen LogP contribution in [0.4, 0.5) is 5.69 Å². The molecular weight excluding hydrogens is 284 g/mol. The molecule has 22 heavy (non-hydrogen) atoms. The van der Waals surface area contributed by atoms with Gasteiger partial charge in [0.05, 0.1) is 16.6 Å². The highest BCUT2D eigenvalue weighted by Crippen LogP contribution is 2.23. The van der Waals surface area contributed by atoms with Gasteiger partial charge in [-0.1, -0.05) is 0 Å². The zero-order chi connectivity index (χ0) is 16.2. The van der Waals surface area contributed by atoms with E-state index in [1.54, 1.807) is 12.1 Å². The molecule has 0 spiro atoms. The third-order valence-electron chi connectivity index (χ3n) is 3.97. The van der Waals surface area contributed by atoms with E-state index < -0.39 is 10.5 Å². The Morgan fingerprint density at radius 3 is 2.64 bits per heavy atom. The molecule has 1 aliphatic heterocycles. The average Bonchev–Trinajstić information content (AvgIpc) is 2.98. The minimum Gasteiger partial charge on any atom is -0.378 e. The molecule has 0 unspecified atom stereocenters. The van der Waals surface area contributed by atoms with Gasteiger partial charge in [-0.2, -0.15) is 0 Å². The van der Waals surface area contributed by atoms with Gasteiger partial charge in [-0.25, -0.2) is 0 Å². The quantitative estimate of drug-likeness (QED) is 0.647. The van der Waals surface area contributed by atoms with Crippen molar-refractivity contribution >= 4 is 11.6 Å². The maximum Gasteiger partial charge on any atom is 0.269 e. The Balaban J connectivity index is 1.91. The van der Waals surface area contributed by atoms with Crippen LogP contribution in [0.15, 0.2) is 24.3 Å². The van der Waals surface area contributed by atoms with Crippen LogP contribution in [-0.2, 0) is 15.1 Å². The van der Waals surface area contributed by atoms with Crippen molar-refractivity contribution in [3.05, 3.63) is 39.9 Å².